The zero-order valence-electron chi connectivity index (χ0n) is 22.3. The number of unbranched alkanes of at least 4 members (excludes halogenated alkanes) is 1. The molecule has 3 amide bonds. The molecule has 0 aliphatic rings. The van der Waals surface area contributed by atoms with E-state index in [2.05, 4.69) is 20.9 Å². The van der Waals surface area contributed by atoms with Crippen molar-refractivity contribution in [2.45, 2.75) is 69.3 Å². The number of hydrogen-bond acceptors (Lipinski definition) is 8. The topological polar surface area (TPSA) is 213 Å². The lowest BCUT2D eigenvalue weighted by molar-refractivity contribution is -0.143. The summed E-state index contributed by atoms with van der Waals surface area (Å²) in [4.78, 5) is 54.0. The van der Waals surface area contributed by atoms with E-state index < -0.39 is 54.0 Å². The van der Waals surface area contributed by atoms with Crippen LogP contribution < -0.4 is 27.4 Å². The number of nitrogens with two attached hydrogens (primary N) is 2. The Kier molecular flexibility index (Phi) is 13.2. The number of rotatable bonds is 17. The van der Waals surface area contributed by atoms with Crippen LogP contribution in [0.1, 0.15) is 38.2 Å². The van der Waals surface area contributed by atoms with E-state index in [4.69, 9.17) is 11.5 Å². The Hall–Kier alpha value is -3.13. The van der Waals surface area contributed by atoms with Crippen molar-refractivity contribution in [1.29, 1.82) is 0 Å². The molecular weight excluding hydrogens is 524 g/mol. The van der Waals surface area contributed by atoms with Gasteiger partial charge in [-0.3, -0.25) is 14.4 Å². The largest absolute Gasteiger partial charge is 0.480 e. The first kappa shape index (κ1) is 32.1. The second-order valence-corrected chi connectivity index (χ2v) is 10.4. The summed E-state index contributed by atoms with van der Waals surface area (Å²) in [7, 11) is 0. The van der Waals surface area contributed by atoms with Crippen LogP contribution in [0.5, 0.6) is 0 Å². The Labute approximate surface area is 232 Å². The van der Waals surface area contributed by atoms with Crippen LogP contribution in [0.2, 0.25) is 0 Å². The lowest BCUT2D eigenvalue weighted by Gasteiger charge is -2.26. The standard InChI is InChI=1S/C26H40N6O6S/c1-15(33)22(25(36)30-20(26(37)38)9-5-6-11-27)32-24(35)21(31-23(34)18(28)10-12-39-2)13-16-14-29-19-8-4-3-7-17(16)19/h3-4,7-8,14-15,18,20-22,29,33H,5-6,9-13,27-28H2,1-2H3,(H,30,36)(H,31,34)(H,32,35)(H,37,38). The number of carboxylic acid groups (broad SMARTS) is 1. The predicted octanol–water partition coefficient (Wildman–Crippen LogP) is -0.160. The summed E-state index contributed by atoms with van der Waals surface area (Å²) in [6.45, 7) is 1.69. The van der Waals surface area contributed by atoms with Gasteiger partial charge >= 0.3 is 5.97 Å². The first-order valence-electron chi connectivity index (χ1n) is 12.9. The van der Waals surface area contributed by atoms with Crippen LogP contribution in [-0.4, -0.2) is 87.7 Å². The Bertz CT molecular complexity index is 1110. The van der Waals surface area contributed by atoms with Gasteiger partial charge in [-0.05, 0) is 62.8 Å². The highest BCUT2D eigenvalue weighted by molar-refractivity contribution is 7.98. The van der Waals surface area contributed by atoms with Crippen molar-refractivity contribution in [3.05, 3.63) is 36.0 Å². The minimum Gasteiger partial charge on any atom is -0.480 e. The maximum absolute atomic E-state index is 13.4. The highest BCUT2D eigenvalue weighted by Gasteiger charge is 2.33. The first-order chi connectivity index (χ1) is 18.6. The molecule has 0 radical (unpaired) electrons. The molecule has 39 heavy (non-hydrogen) atoms. The average molecular weight is 565 g/mol. The third-order valence-corrected chi connectivity index (χ3v) is 6.97. The van der Waals surface area contributed by atoms with E-state index >= 15 is 0 Å². The molecule has 0 aliphatic heterocycles. The normalized spacial score (nSPS) is 15.1. The number of carbonyl (C=O) groups is 4. The number of hydrogen-bond donors (Lipinski definition) is 8. The first-order valence-corrected chi connectivity index (χ1v) is 14.3. The Balaban J connectivity index is 2.23. The van der Waals surface area contributed by atoms with Gasteiger partial charge in [0.15, 0.2) is 0 Å². The molecule has 1 heterocycles. The quantitative estimate of drug-likeness (QED) is 0.120. The molecule has 12 nitrogen and oxygen atoms in total. The van der Waals surface area contributed by atoms with Crippen molar-refractivity contribution in [2.75, 3.05) is 18.6 Å². The predicted molar refractivity (Wildman–Crippen MR) is 151 cm³/mol. The Morgan fingerprint density at radius 1 is 1.00 bits per heavy atom. The molecule has 0 saturated carbocycles. The number of para-hydroxylation sites is 1. The van der Waals surface area contributed by atoms with Gasteiger partial charge in [-0.25, -0.2) is 4.79 Å². The van der Waals surface area contributed by atoms with E-state index in [1.165, 1.54) is 6.92 Å². The number of carbonyl (C=O) groups excluding carboxylic acids is 3. The Morgan fingerprint density at radius 2 is 1.69 bits per heavy atom. The number of fused-ring (bicyclic) bond motifs is 1. The van der Waals surface area contributed by atoms with Crippen LogP contribution in [0, 0.1) is 0 Å². The maximum atomic E-state index is 13.4. The van der Waals surface area contributed by atoms with Crippen LogP contribution in [0.3, 0.4) is 0 Å². The van der Waals surface area contributed by atoms with Crippen LogP contribution in [0.4, 0.5) is 0 Å². The van der Waals surface area contributed by atoms with Gasteiger partial charge < -0.3 is 42.6 Å². The molecule has 0 aliphatic carbocycles. The molecule has 0 fully saturated rings. The fourth-order valence-corrected chi connectivity index (χ4v) is 4.54. The van der Waals surface area contributed by atoms with Gasteiger partial charge in [0.25, 0.3) is 0 Å². The molecule has 2 rings (SSSR count). The van der Waals surface area contributed by atoms with E-state index in [1.54, 1.807) is 18.0 Å². The number of thioether (sulfide) groups is 1. The van der Waals surface area contributed by atoms with Crippen molar-refractivity contribution < 1.29 is 29.4 Å². The van der Waals surface area contributed by atoms with E-state index in [9.17, 15) is 29.4 Å². The van der Waals surface area contributed by atoms with Crippen molar-refractivity contribution in [3.63, 3.8) is 0 Å². The average Bonchev–Trinajstić information content (AvgIpc) is 3.31. The number of aliphatic hydroxyl groups excluding tert-OH is 1. The van der Waals surface area contributed by atoms with Gasteiger partial charge in [-0.2, -0.15) is 11.8 Å². The molecule has 216 valence electrons. The van der Waals surface area contributed by atoms with Gasteiger partial charge in [-0.1, -0.05) is 18.2 Å². The number of nitrogens with one attached hydrogen (secondary N) is 4. The fraction of sp³-hybridized carbons (Fsp3) is 0.538. The number of H-pyrrole nitrogens is 1. The van der Waals surface area contributed by atoms with Crippen LogP contribution >= 0.6 is 11.8 Å². The molecule has 0 bridgehead atoms. The van der Waals surface area contributed by atoms with Gasteiger partial charge in [0, 0.05) is 23.5 Å². The van der Waals surface area contributed by atoms with Crippen molar-refractivity contribution >= 4 is 46.4 Å². The lowest BCUT2D eigenvalue weighted by Crippen LogP contribution is -2.60. The van der Waals surface area contributed by atoms with E-state index in [0.717, 1.165) is 16.5 Å². The zero-order chi connectivity index (χ0) is 28.9. The second-order valence-electron chi connectivity index (χ2n) is 9.42. The van der Waals surface area contributed by atoms with Gasteiger partial charge in [0.1, 0.15) is 18.1 Å². The van der Waals surface area contributed by atoms with Crippen LogP contribution in [0.25, 0.3) is 10.9 Å². The van der Waals surface area contributed by atoms with Gasteiger partial charge in [-0.15, -0.1) is 0 Å². The summed E-state index contributed by atoms with van der Waals surface area (Å²) in [6.07, 6.45) is 4.00. The summed E-state index contributed by atoms with van der Waals surface area (Å²) in [5.41, 5.74) is 13.1. The lowest BCUT2D eigenvalue weighted by atomic mass is 10.0. The molecule has 13 heteroatoms. The van der Waals surface area contributed by atoms with Gasteiger partial charge in [0.05, 0.1) is 12.1 Å². The molecule has 0 spiro atoms. The zero-order valence-corrected chi connectivity index (χ0v) is 23.1. The van der Waals surface area contributed by atoms with E-state index in [-0.39, 0.29) is 12.8 Å². The number of benzene rings is 1. The highest BCUT2D eigenvalue weighted by atomic mass is 32.2. The monoisotopic (exact) mass is 564 g/mol. The fourth-order valence-electron chi connectivity index (χ4n) is 4.06. The van der Waals surface area contributed by atoms with Crippen molar-refractivity contribution in [3.8, 4) is 0 Å². The molecule has 5 unspecified atom stereocenters. The molecular formula is C26H40N6O6S. The highest BCUT2D eigenvalue weighted by Crippen LogP contribution is 2.19. The number of aromatic amines is 1. The molecule has 5 atom stereocenters. The second kappa shape index (κ2) is 16.1. The van der Waals surface area contributed by atoms with E-state index in [1.807, 2.05) is 30.5 Å². The summed E-state index contributed by atoms with van der Waals surface area (Å²) in [5, 5.41) is 28.2. The summed E-state index contributed by atoms with van der Waals surface area (Å²) >= 11 is 1.54. The number of aromatic nitrogens is 1. The van der Waals surface area contributed by atoms with Crippen LogP contribution in [0.15, 0.2) is 30.5 Å². The minimum atomic E-state index is -1.46. The number of amides is 3. The summed E-state index contributed by atoms with van der Waals surface area (Å²) in [5.74, 6) is -2.67. The SMILES string of the molecule is CSCCC(N)C(=O)NC(Cc1c[nH]c2ccccc12)C(=O)NC(C(=O)NC(CCCCN)C(=O)O)C(C)O. The van der Waals surface area contributed by atoms with Gasteiger partial charge in [0.2, 0.25) is 17.7 Å². The molecule has 10 N–H and O–H groups in total. The molecule has 1 aromatic heterocycles. The third kappa shape index (κ3) is 9.84. The summed E-state index contributed by atoms with van der Waals surface area (Å²) < 4.78 is 0. The molecule has 0 saturated heterocycles. The van der Waals surface area contributed by atoms with Crippen molar-refractivity contribution in [2.24, 2.45) is 11.5 Å². The molecule has 2 aromatic rings. The minimum absolute atomic E-state index is 0.0851. The van der Waals surface area contributed by atoms with E-state index in [0.29, 0.717) is 31.6 Å². The van der Waals surface area contributed by atoms with Crippen LogP contribution in [-0.2, 0) is 25.6 Å². The van der Waals surface area contributed by atoms with Crippen molar-refractivity contribution in [1.82, 2.24) is 20.9 Å². The maximum Gasteiger partial charge on any atom is 0.326 e. The Morgan fingerprint density at radius 3 is 2.33 bits per heavy atom. The number of carboxylic acids is 1. The third-order valence-electron chi connectivity index (χ3n) is 6.33. The summed E-state index contributed by atoms with van der Waals surface area (Å²) in [6, 6.07) is 2.86. The number of aliphatic hydroxyl groups is 1. The number of aliphatic carboxylic acids is 1. The molecule has 1 aromatic carbocycles. The smallest absolute Gasteiger partial charge is 0.326 e.